The van der Waals surface area contributed by atoms with Crippen LogP contribution in [0.5, 0.6) is 0 Å². The zero-order valence-electron chi connectivity index (χ0n) is 6.51. The van der Waals surface area contributed by atoms with Gasteiger partial charge in [-0.25, -0.2) is 4.79 Å². The number of allylic oxidation sites excluding steroid dienone is 1. The third-order valence-electron chi connectivity index (χ3n) is 1.06. The standard InChI is InChI=1S/C7H12O3/c1-4-6(2)7(8)10-5-9-3/h4H,5H2,1-3H3/b6-4+. The molecule has 0 aromatic rings. The third-order valence-corrected chi connectivity index (χ3v) is 1.06. The minimum Gasteiger partial charge on any atom is -0.435 e. The number of methoxy groups -OCH3 is 1. The molecular formula is C7H12O3. The van der Waals surface area contributed by atoms with Gasteiger partial charge in [0, 0.05) is 12.7 Å². The lowest BCUT2D eigenvalue weighted by Gasteiger charge is -2.01. The lowest BCUT2D eigenvalue weighted by atomic mass is 10.3. The highest BCUT2D eigenvalue weighted by Crippen LogP contribution is 1.94. The van der Waals surface area contributed by atoms with E-state index in [9.17, 15) is 4.79 Å². The van der Waals surface area contributed by atoms with E-state index in [-0.39, 0.29) is 12.8 Å². The van der Waals surface area contributed by atoms with Crippen molar-refractivity contribution >= 4 is 5.97 Å². The number of rotatable bonds is 3. The van der Waals surface area contributed by atoms with Crippen molar-refractivity contribution in [2.45, 2.75) is 13.8 Å². The molecular weight excluding hydrogens is 132 g/mol. The summed E-state index contributed by atoms with van der Waals surface area (Å²) >= 11 is 0. The summed E-state index contributed by atoms with van der Waals surface area (Å²) in [6.07, 6.45) is 1.69. The summed E-state index contributed by atoms with van der Waals surface area (Å²) in [6, 6.07) is 0. The molecule has 3 nitrogen and oxygen atoms in total. The van der Waals surface area contributed by atoms with Crippen molar-refractivity contribution < 1.29 is 14.3 Å². The largest absolute Gasteiger partial charge is 0.435 e. The maximum atomic E-state index is 10.8. The number of carbonyl (C=O) groups is 1. The van der Waals surface area contributed by atoms with E-state index in [0.29, 0.717) is 5.57 Å². The zero-order chi connectivity index (χ0) is 7.98. The van der Waals surface area contributed by atoms with Gasteiger partial charge >= 0.3 is 5.97 Å². The van der Waals surface area contributed by atoms with Crippen LogP contribution in [0.1, 0.15) is 13.8 Å². The minimum absolute atomic E-state index is 0.0179. The van der Waals surface area contributed by atoms with Crippen LogP contribution in [-0.2, 0) is 14.3 Å². The number of esters is 1. The SMILES string of the molecule is C/C=C(\C)C(=O)OCOC. The quantitative estimate of drug-likeness (QED) is 0.338. The van der Waals surface area contributed by atoms with Gasteiger partial charge in [0.25, 0.3) is 0 Å². The Morgan fingerprint density at radius 1 is 1.60 bits per heavy atom. The van der Waals surface area contributed by atoms with Crippen LogP contribution in [0.2, 0.25) is 0 Å². The first-order chi connectivity index (χ1) is 4.72. The van der Waals surface area contributed by atoms with E-state index >= 15 is 0 Å². The van der Waals surface area contributed by atoms with Crippen LogP contribution in [0.25, 0.3) is 0 Å². The van der Waals surface area contributed by atoms with Crippen molar-refractivity contribution in [1.82, 2.24) is 0 Å². The van der Waals surface area contributed by atoms with Crippen LogP contribution in [0.4, 0.5) is 0 Å². The van der Waals surface area contributed by atoms with Crippen LogP contribution >= 0.6 is 0 Å². The van der Waals surface area contributed by atoms with E-state index in [1.165, 1.54) is 7.11 Å². The Balaban J connectivity index is 3.63. The molecule has 0 aromatic carbocycles. The fraction of sp³-hybridized carbons (Fsp3) is 0.571. The van der Waals surface area contributed by atoms with Crippen LogP contribution in [0.3, 0.4) is 0 Å². The molecule has 10 heavy (non-hydrogen) atoms. The topological polar surface area (TPSA) is 35.5 Å². The third kappa shape index (κ3) is 3.25. The molecule has 0 N–H and O–H groups in total. The molecule has 0 unspecified atom stereocenters. The number of carbonyl (C=O) groups excluding carboxylic acids is 1. The molecule has 0 amide bonds. The second-order valence-electron chi connectivity index (χ2n) is 1.81. The van der Waals surface area contributed by atoms with E-state index < -0.39 is 0 Å². The van der Waals surface area contributed by atoms with Crippen molar-refractivity contribution in [2.75, 3.05) is 13.9 Å². The van der Waals surface area contributed by atoms with Crippen molar-refractivity contribution in [3.8, 4) is 0 Å². The fourth-order valence-corrected chi connectivity index (χ4v) is 0.344. The van der Waals surface area contributed by atoms with Crippen molar-refractivity contribution in [3.63, 3.8) is 0 Å². The summed E-state index contributed by atoms with van der Waals surface area (Å²) in [5.41, 5.74) is 0.594. The Hall–Kier alpha value is -0.830. The molecule has 0 fully saturated rings. The molecule has 58 valence electrons. The van der Waals surface area contributed by atoms with E-state index in [2.05, 4.69) is 9.47 Å². The highest BCUT2D eigenvalue weighted by molar-refractivity contribution is 5.87. The summed E-state index contributed by atoms with van der Waals surface area (Å²) in [7, 11) is 1.47. The normalized spacial score (nSPS) is 11.3. The number of ether oxygens (including phenoxy) is 2. The second kappa shape index (κ2) is 4.99. The average molecular weight is 144 g/mol. The zero-order valence-corrected chi connectivity index (χ0v) is 6.51. The van der Waals surface area contributed by atoms with Crippen LogP contribution < -0.4 is 0 Å². The summed E-state index contributed by atoms with van der Waals surface area (Å²) in [5.74, 6) is -0.329. The molecule has 0 bridgehead atoms. The monoisotopic (exact) mass is 144 g/mol. The van der Waals surface area contributed by atoms with Crippen LogP contribution in [0, 0.1) is 0 Å². The summed E-state index contributed by atoms with van der Waals surface area (Å²) in [6.45, 7) is 3.49. The Kier molecular flexibility index (Phi) is 4.58. The van der Waals surface area contributed by atoms with Crippen molar-refractivity contribution in [2.24, 2.45) is 0 Å². The molecule has 0 spiro atoms. The van der Waals surface area contributed by atoms with E-state index in [1.54, 1.807) is 19.9 Å². The van der Waals surface area contributed by atoms with Gasteiger partial charge in [-0.3, -0.25) is 0 Å². The summed E-state index contributed by atoms with van der Waals surface area (Å²) in [4.78, 5) is 10.8. The van der Waals surface area contributed by atoms with E-state index in [1.807, 2.05) is 0 Å². The van der Waals surface area contributed by atoms with Gasteiger partial charge in [-0.15, -0.1) is 0 Å². The minimum atomic E-state index is -0.329. The first kappa shape index (κ1) is 9.17. The first-order valence-electron chi connectivity index (χ1n) is 3.01. The van der Waals surface area contributed by atoms with E-state index in [4.69, 9.17) is 0 Å². The van der Waals surface area contributed by atoms with Gasteiger partial charge in [0.2, 0.25) is 0 Å². The van der Waals surface area contributed by atoms with Crippen LogP contribution in [-0.4, -0.2) is 19.9 Å². The average Bonchev–Trinajstić information content (AvgIpc) is 1.98. The van der Waals surface area contributed by atoms with Crippen molar-refractivity contribution in [1.29, 1.82) is 0 Å². The van der Waals surface area contributed by atoms with Gasteiger partial charge in [0.1, 0.15) is 0 Å². The Morgan fingerprint density at radius 3 is 2.60 bits per heavy atom. The van der Waals surface area contributed by atoms with Gasteiger partial charge < -0.3 is 9.47 Å². The highest BCUT2D eigenvalue weighted by Gasteiger charge is 2.01. The molecule has 0 heterocycles. The lowest BCUT2D eigenvalue weighted by molar-refractivity contribution is -0.149. The van der Waals surface area contributed by atoms with Gasteiger partial charge in [0.15, 0.2) is 6.79 Å². The van der Waals surface area contributed by atoms with E-state index in [0.717, 1.165) is 0 Å². The molecule has 0 aliphatic carbocycles. The smallest absolute Gasteiger partial charge is 0.335 e. The molecule has 0 saturated carbocycles. The predicted octanol–water partition coefficient (Wildman–Crippen LogP) is 1.10. The fourth-order valence-electron chi connectivity index (χ4n) is 0.344. The summed E-state index contributed by atoms with van der Waals surface area (Å²) < 4.78 is 9.15. The first-order valence-corrected chi connectivity index (χ1v) is 3.01. The molecule has 0 rings (SSSR count). The Bertz CT molecular complexity index is 138. The Morgan fingerprint density at radius 2 is 2.20 bits per heavy atom. The van der Waals surface area contributed by atoms with Crippen LogP contribution in [0.15, 0.2) is 11.6 Å². The molecule has 3 heteroatoms. The number of hydrogen-bond donors (Lipinski definition) is 0. The Labute approximate surface area is 60.6 Å². The molecule has 0 aromatic heterocycles. The lowest BCUT2D eigenvalue weighted by Crippen LogP contribution is -2.07. The predicted molar refractivity (Wildman–Crippen MR) is 37.4 cm³/mol. The maximum absolute atomic E-state index is 10.8. The van der Waals surface area contributed by atoms with Crippen molar-refractivity contribution in [3.05, 3.63) is 11.6 Å². The summed E-state index contributed by atoms with van der Waals surface area (Å²) in [5, 5.41) is 0. The molecule has 0 atom stereocenters. The molecule has 0 aliphatic rings. The highest BCUT2D eigenvalue weighted by atomic mass is 16.7. The van der Waals surface area contributed by atoms with Gasteiger partial charge in [0.05, 0.1) is 0 Å². The second-order valence-corrected chi connectivity index (χ2v) is 1.81. The number of hydrogen-bond acceptors (Lipinski definition) is 3. The maximum Gasteiger partial charge on any atom is 0.335 e. The molecule has 0 radical (unpaired) electrons. The molecule has 0 aliphatic heterocycles. The molecule has 0 saturated heterocycles. The van der Waals surface area contributed by atoms with Gasteiger partial charge in [-0.2, -0.15) is 0 Å². The van der Waals surface area contributed by atoms with Gasteiger partial charge in [-0.05, 0) is 13.8 Å². The van der Waals surface area contributed by atoms with Gasteiger partial charge in [-0.1, -0.05) is 6.08 Å².